The summed E-state index contributed by atoms with van der Waals surface area (Å²) in [5, 5.41) is 10.4. The highest BCUT2D eigenvalue weighted by Crippen LogP contribution is 2.48. The smallest absolute Gasteiger partial charge is 0.344 e. The molecule has 1 aromatic rings. The molecule has 4 nitrogen and oxygen atoms in total. The van der Waals surface area contributed by atoms with Gasteiger partial charge in [0.2, 0.25) is 0 Å². The van der Waals surface area contributed by atoms with E-state index in [0.717, 1.165) is 94.6 Å². The van der Waals surface area contributed by atoms with Gasteiger partial charge in [0.1, 0.15) is 11.9 Å². The van der Waals surface area contributed by atoms with Crippen LogP contribution in [-0.4, -0.2) is 29.9 Å². The van der Waals surface area contributed by atoms with Crippen LogP contribution < -0.4 is 4.74 Å². The van der Waals surface area contributed by atoms with Crippen molar-refractivity contribution in [3.8, 4) is 5.75 Å². The van der Waals surface area contributed by atoms with E-state index in [1.54, 1.807) is 0 Å². The lowest BCUT2D eigenvalue weighted by Gasteiger charge is -2.32. The molecule has 2 aliphatic carbocycles. The molecule has 1 fully saturated rings. The van der Waals surface area contributed by atoms with Crippen molar-refractivity contribution in [3.05, 3.63) is 29.3 Å². The van der Waals surface area contributed by atoms with Crippen LogP contribution in [0.15, 0.2) is 18.2 Å². The molecule has 0 aromatic heterocycles. The summed E-state index contributed by atoms with van der Waals surface area (Å²) in [7, 11) is 0. The number of unbranched alkanes of at least 4 members (excludes halogenated alkanes) is 4. The van der Waals surface area contributed by atoms with E-state index in [1.807, 2.05) is 6.07 Å². The highest BCUT2D eigenvalue weighted by Gasteiger charge is 2.39. The average Bonchev–Trinajstić information content (AvgIpc) is 3.28. The van der Waals surface area contributed by atoms with Crippen LogP contribution >= 0.6 is 0 Å². The van der Waals surface area contributed by atoms with Gasteiger partial charge in [-0.25, -0.2) is 4.79 Å². The Morgan fingerprint density at radius 2 is 1.69 bits per heavy atom. The molecule has 36 heavy (non-hydrogen) atoms. The van der Waals surface area contributed by atoms with Crippen LogP contribution in [0.5, 0.6) is 5.75 Å². The summed E-state index contributed by atoms with van der Waals surface area (Å²) < 4.78 is 11.9. The molecule has 4 unspecified atom stereocenters. The Labute approximate surface area is 220 Å². The molecule has 0 amide bonds. The van der Waals surface area contributed by atoms with Crippen molar-refractivity contribution in [2.75, 3.05) is 6.61 Å². The van der Waals surface area contributed by atoms with E-state index in [4.69, 9.17) is 9.47 Å². The molecular weight excluding hydrogens is 448 g/mol. The number of aliphatic hydroxyl groups excluding tert-OH is 1. The number of carbonyl (C=O) groups is 1. The van der Waals surface area contributed by atoms with E-state index in [0.29, 0.717) is 5.92 Å². The Morgan fingerprint density at radius 3 is 2.42 bits per heavy atom. The zero-order valence-electron chi connectivity index (χ0n) is 23.3. The maximum absolute atomic E-state index is 12.6. The van der Waals surface area contributed by atoms with Crippen molar-refractivity contribution >= 4 is 5.97 Å². The lowest BCUT2D eigenvalue weighted by Crippen LogP contribution is -2.27. The molecule has 1 aromatic carbocycles. The maximum Gasteiger partial charge on any atom is 0.344 e. The standard InChI is InChI=1S/C32H52O4/c1-4-7-10-13-27(33)20-19-24-17-18-26-22-30-25(21-29(24)26)12-11-16-31(30)35-23-32(34)36-28(14-8-5-2)15-9-6-3/h11-12,16,24,26-29,33H,4-10,13-15,17-23H2,1-3H3. The number of esters is 1. The topological polar surface area (TPSA) is 55.8 Å². The van der Waals surface area contributed by atoms with Gasteiger partial charge in [0.25, 0.3) is 0 Å². The Bertz CT molecular complexity index is 767. The number of hydrogen-bond donors (Lipinski definition) is 1. The van der Waals surface area contributed by atoms with Crippen LogP contribution in [0, 0.1) is 17.8 Å². The van der Waals surface area contributed by atoms with Crippen LogP contribution in [0.1, 0.15) is 122 Å². The van der Waals surface area contributed by atoms with Crippen LogP contribution in [0.25, 0.3) is 0 Å². The molecule has 0 radical (unpaired) electrons. The van der Waals surface area contributed by atoms with Crippen molar-refractivity contribution < 1.29 is 19.4 Å². The molecule has 0 saturated heterocycles. The fourth-order valence-corrected chi connectivity index (χ4v) is 6.53. The van der Waals surface area contributed by atoms with Gasteiger partial charge in [0.05, 0.1) is 6.10 Å². The average molecular weight is 501 g/mol. The molecule has 204 valence electrons. The fraction of sp³-hybridized carbons (Fsp3) is 0.781. The summed E-state index contributed by atoms with van der Waals surface area (Å²) in [5.74, 6) is 2.78. The summed E-state index contributed by atoms with van der Waals surface area (Å²) in [6.45, 7) is 6.56. The van der Waals surface area contributed by atoms with Crippen molar-refractivity contribution in [1.29, 1.82) is 0 Å². The number of rotatable bonds is 17. The van der Waals surface area contributed by atoms with Gasteiger partial charge in [-0.2, -0.15) is 0 Å². The molecule has 4 atom stereocenters. The molecule has 0 heterocycles. The molecule has 3 rings (SSSR count). The summed E-state index contributed by atoms with van der Waals surface area (Å²) >= 11 is 0. The maximum atomic E-state index is 12.6. The summed E-state index contributed by atoms with van der Waals surface area (Å²) in [6, 6.07) is 6.35. The highest BCUT2D eigenvalue weighted by molar-refractivity contribution is 5.71. The van der Waals surface area contributed by atoms with Crippen LogP contribution in [0.4, 0.5) is 0 Å². The van der Waals surface area contributed by atoms with Gasteiger partial charge in [0.15, 0.2) is 6.61 Å². The van der Waals surface area contributed by atoms with E-state index in [9.17, 15) is 9.90 Å². The molecule has 4 heteroatoms. The Kier molecular flexibility index (Phi) is 12.6. The second kappa shape index (κ2) is 15.6. The second-order valence-corrected chi connectivity index (χ2v) is 11.5. The highest BCUT2D eigenvalue weighted by atomic mass is 16.6. The minimum Gasteiger partial charge on any atom is -0.482 e. The van der Waals surface area contributed by atoms with Gasteiger partial charge in [-0.15, -0.1) is 0 Å². The van der Waals surface area contributed by atoms with E-state index in [2.05, 4.69) is 32.9 Å². The quantitative estimate of drug-likeness (QED) is 0.175. The van der Waals surface area contributed by atoms with E-state index in [1.165, 1.54) is 36.8 Å². The number of carbonyl (C=O) groups excluding carboxylic acids is 1. The van der Waals surface area contributed by atoms with E-state index in [-0.39, 0.29) is 24.8 Å². The first-order valence-electron chi connectivity index (χ1n) is 15.2. The van der Waals surface area contributed by atoms with Crippen LogP contribution in [0.2, 0.25) is 0 Å². The lowest BCUT2D eigenvalue weighted by atomic mass is 9.73. The van der Waals surface area contributed by atoms with E-state index < -0.39 is 0 Å². The first kappa shape index (κ1) is 29.0. The largest absolute Gasteiger partial charge is 0.482 e. The minimum absolute atomic E-state index is 0.00214. The fourth-order valence-electron chi connectivity index (χ4n) is 6.53. The molecule has 0 bridgehead atoms. The van der Waals surface area contributed by atoms with Crippen LogP contribution in [-0.2, 0) is 22.4 Å². The predicted molar refractivity (Wildman–Crippen MR) is 147 cm³/mol. The molecule has 1 saturated carbocycles. The van der Waals surface area contributed by atoms with Gasteiger partial charge in [0, 0.05) is 0 Å². The van der Waals surface area contributed by atoms with Gasteiger partial charge < -0.3 is 14.6 Å². The lowest BCUT2D eigenvalue weighted by molar-refractivity contribution is -0.152. The second-order valence-electron chi connectivity index (χ2n) is 11.5. The minimum atomic E-state index is -0.239. The van der Waals surface area contributed by atoms with Gasteiger partial charge in [-0.05, 0) is 92.7 Å². The predicted octanol–water partition coefficient (Wildman–Crippen LogP) is 7.82. The van der Waals surface area contributed by atoms with Crippen molar-refractivity contribution in [2.24, 2.45) is 17.8 Å². The normalized spacial score (nSPS) is 21.8. The summed E-state index contributed by atoms with van der Waals surface area (Å²) in [4.78, 5) is 12.6. The Hall–Kier alpha value is -1.55. The summed E-state index contributed by atoms with van der Waals surface area (Å²) in [6.07, 6.45) is 17.6. The number of ether oxygens (including phenoxy) is 2. The van der Waals surface area contributed by atoms with Crippen LogP contribution in [0.3, 0.4) is 0 Å². The molecule has 0 aliphatic heterocycles. The number of aliphatic hydroxyl groups is 1. The number of benzene rings is 1. The Morgan fingerprint density at radius 1 is 0.944 bits per heavy atom. The summed E-state index contributed by atoms with van der Waals surface area (Å²) in [5.41, 5.74) is 2.70. The number of fused-ring (bicyclic) bond motifs is 2. The van der Waals surface area contributed by atoms with Crippen molar-refractivity contribution in [2.45, 2.75) is 136 Å². The third-order valence-electron chi connectivity index (χ3n) is 8.69. The zero-order valence-corrected chi connectivity index (χ0v) is 23.3. The third-order valence-corrected chi connectivity index (χ3v) is 8.69. The van der Waals surface area contributed by atoms with Crippen molar-refractivity contribution in [3.63, 3.8) is 0 Å². The molecule has 2 aliphatic rings. The van der Waals surface area contributed by atoms with Gasteiger partial charge in [-0.1, -0.05) is 77.8 Å². The van der Waals surface area contributed by atoms with Gasteiger partial charge >= 0.3 is 5.97 Å². The first-order valence-corrected chi connectivity index (χ1v) is 15.2. The molecule has 1 N–H and O–H groups in total. The third kappa shape index (κ3) is 8.78. The molecular formula is C32H52O4. The number of hydrogen-bond acceptors (Lipinski definition) is 4. The van der Waals surface area contributed by atoms with E-state index >= 15 is 0 Å². The molecule has 0 spiro atoms. The zero-order chi connectivity index (χ0) is 25.8. The van der Waals surface area contributed by atoms with Crippen molar-refractivity contribution in [1.82, 2.24) is 0 Å². The monoisotopic (exact) mass is 500 g/mol. The first-order chi connectivity index (χ1) is 17.5. The Balaban J connectivity index is 1.51. The SMILES string of the molecule is CCCCCC(O)CCC1CCC2Cc3c(cccc3OCC(=O)OC(CCCC)CCCC)CC12. The van der Waals surface area contributed by atoms with Gasteiger partial charge in [-0.3, -0.25) is 0 Å².